The fraction of sp³-hybridized carbons (Fsp3) is 0.857. The summed E-state index contributed by atoms with van der Waals surface area (Å²) in [6, 6.07) is 0. The predicted molar refractivity (Wildman–Crippen MR) is 72.5 cm³/mol. The van der Waals surface area contributed by atoms with E-state index >= 15 is 0 Å². The molecule has 0 aromatic rings. The largest absolute Gasteiger partial charge is 0.374 e. The number of carbonyl (C=O) groups excluding carboxylic acids is 2. The second kappa shape index (κ2) is 12.6. The number of nitrogens with one attached hydrogen (secondary N) is 1. The van der Waals surface area contributed by atoms with Crippen LogP contribution >= 0.6 is 0 Å². The number of ketones is 1. The van der Waals surface area contributed by atoms with Crippen molar-refractivity contribution in [2.24, 2.45) is 0 Å². The van der Waals surface area contributed by atoms with Crippen molar-refractivity contribution in [2.75, 3.05) is 19.8 Å². The molecule has 106 valence electrons. The van der Waals surface area contributed by atoms with E-state index in [1.807, 2.05) is 6.92 Å². The molecule has 0 saturated heterocycles. The first-order chi connectivity index (χ1) is 8.66. The summed E-state index contributed by atoms with van der Waals surface area (Å²) in [6.45, 7) is 5.14. The van der Waals surface area contributed by atoms with Crippen molar-refractivity contribution in [2.45, 2.75) is 58.8 Å². The number of Topliss-reactive ketones (excluding diaryl/α,β-unsaturated/α-hetero) is 1. The van der Waals surface area contributed by atoms with Crippen LogP contribution in [-0.4, -0.2) is 31.4 Å². The minimum Gasteiger partial charge on any atom is -0.374 e. The zero-order chi connectivity index (χ0) is 13.6. The summed E-state index contributed by atoms with van der Waals surface area (Å²) in [5.74, 6) is 0.224. The molecule has 0 atom stereocenters. The monoisotopic (exact) mass is 257 g/mol. The molecule has 0 saturated carbocycles. The summed E-state index contributed by atoms with van der Waals surface area (Å²) in [5.41, 5.74) is 0. The van der Waals surface area contributed by atoms with Crippen LogP contribution in [0, 0.1) is 0 Å². The molecule has 0 heterocycles. The van der Waals surface area contributed by atoms with Gasteiger partial charge in [0.15, 0.2) is 5.78 Å². The summed E-state index contributed by atoms with van der Waals surface area (Å²) in [5, 5.41) is 2.87. The predicted octanol–water partition coefficient (Wildman–Crippen LogP) is 2.46. The van der Waals surface area contributed by atoms with Gasteiger partial charge in [-0.3, -0.25) is 9.59 Å². The molecule has 0 radical (unpaired) electrons. The molecule has 4 nitrogen and oxygen atoms in total. The Hall–Kier alpha value is -0.900. The first-order valence-electron chi connectivity index (χ1n) is 7.00. The summed E-state index contributed by atoms with van der Waals surface area (Å²) < 4.78 is 5.18. The average molecular weight is 257 g/mol. The molecule has 0 aliphatic rings. The Labute approximate surface area is 110 Å². The minimum atomic E-state index is 0.0872. The third-order valence-electron chi connectivity index (χ3n) is 2.66. The number of hydrogen-bond acceptors (Lipinski definition) is 3. The van der Waals surface area contributed by atoms with E-state index in [9.17, 15) is 9.59 Å². The van der Waals surface area contributed by atoms with E-state index in [4.69, 9.17) is 4.74 Å². The minimum absolute atomic E-state index is 0.0872. The Balaban J connectivity index is 3.03. The average Bonchev–Trinajstić information content (AvgIpc) is 2.35. The number of ether oxygens (including phenoxy) is 1. The smallest absolute Gasteiger partial charge is 0.219 e. The summed E-state index contributed by atoms with van der Waals surface area (Å²) >= 11 is 0. The van der Waals surface area contributed by atoms with Gasteiger partial charge in [-0.25, -0.2) is 0 Å². The van der Waals surface area contributed by atoms with E-state index < -0.39 is 0 Å². The summed E-state index contributed by atoms with van der Waals surface area (Å²) in [4.78, 5) is 21.5. The molecule has 1 N–H and O–H groups in total. The van der Waals surface area contributed by atoms with E-state index in [0.29, 0.717) is 13.0 Å². The molecule has 0 aromatic carbocycles. The third kappa shape index (κ3) is 13.2. The molecule has 4 heteroatoms. The van der Waals surface area contributed by atoms with E-state index in [-0.39, 0.29) is 18.3 Å². The van der Waals surface area contributed by atoms with Crippen LogP contribution in [-0.2, 0) is 14.3 Å². The molecule has 0 fully saturated rings. The van der Waals surface area contributed by atoms with Gasteiger partial charge >= 0.3 is 0 Å². The number of rotatable bonds is 12. The van der Waals surface area contributed by atoms with Crippen LogP contribution in [0.3, 0.4) is 0 Å². The molecular weight excluding hydrogens is 230 g/mol. The molecule has 0 bridgehead atoms. The lowest BCUT2D eigenvalue weighted by atomic mass is 10.1. The lowest BCUT2D eigenvalue weighted by Crippen LogP contribution is -2.23. The highest BCUT2D eigenvalue weighted by Crippen LogP contribution is 2.05. The Morgan fingerprint density at radius 1 is 1.00 bits per heavy atom. The van der Waals surface area contributed by atoms with E-state index in [1.165, 1.54) is 19.8 Å². The lowest BCUT2D eigenvalue weighted by Gasteiger charge is -2.04. The standard InChI is InChI=1S/C14H27NO3/c1-3-14(17)15-10-8-6-4-5-7-9-11-18-12-13(2)16/h3-12H2,1-2H3,(H,15,17). The summed E-state index contributed by atoms with van der Waals surface area (Å²) in [6.07, 6.45) is 7.38. The lowest BCUT2D eigenvalue weighted by molar-refractivity contribution is -0.121. The van der Waals surface area contributed by atoms with Crippen molar-refractivity contribution in [3.63, 3.8) is 0 Å². The topological polar surface area (TPSA) is 55.4 Å². The Morgan fingerprint density at radius 3 is 2.22 bits per heavy atom. The Kier molecular flexibility index (Phi) is 11.9. The maximum Gasteiger partial charge on any atom is 0.219 e. The SMILES string of the molecule is CCC(=O)NCCCCCCCCOCC(C)=O. The van der Waals surface area contributed by atoms with Gasteiger partial charge in [0.1, 0.15) is 6.61 Å². The van der Waals surface area contributed by atoms with Gasteiger partial charge in [-0.1, -0.05) is 32.6 Å². The molecule has 0 aliphatic heterocycles. The number of carbonyl (C=O) groups is 2. The maximum atomic E-state index is 10.9. The fourth-order valence-corrected chi connectivity index (χ4v) is 1.60. The third-order valence-corrected chi connectivity index (χ3v) is 2.66. The zero-order valence-electron chi connectivity index (χ0n) is 11.8. The molecule has 0 spiro atoms. The van der Waals surface area contributed by atoms with Crippen LogP contribution in [0.2, 0.25) is 0 Å². The molecule has 0 rings (SSSR count). The quantitative estimate of drug-likeness (QED) is 0.546. The van der Waals surface area contributed by atoms with Crippen LogP contribution in [0.25, 0.3) is 0 Å². The van der Waals surface area contributed by atoms with Crippen molar-refractivity contribution in [1.82, 2.24) is 5.32 Å². The number of hydrogen-bond donors (Lipinski definition) is 1. The van der Waals surface area contributed by atoms with Gasteiger partial charge in [0.2, 0.25) is 5.91 Å². The molecular formula is C14H27NO3. The van der Waals surface area contributed by atoms with Crippen molar-refractivity contribution in [3.8, 4) is 0 Å². The molecule has 0 aromatic heterocycles. The zero-order valence-corrected chi connectivity index (χ0v) is 11.8. The molecule has 0 unspecified atom stereocenters. The fourth-order valence-electron chi connectivity index (χ4n) is 1.60. The van der Waals surface area contributed by atoms with Crippen molar-refractivity contribution in [3.05, 3.63) is 0 Å². The maximum absolute atomic E-state index is 10.9. The van der Waals surface area contributed by atoms with Crippen molar-refractivity contribution >= 4 is 11.7 Å². The highest BCUT2D eigenvalue weighted by Gasteiger charge is 1.96. The van der Waals surface area contributed by atoms with Crippen LogP contribution < -0.4 is 5.32 Å². The van der Waals surface area contributed by atoms with Gasteiger partial charge in [-0.15, -0.1) is 0 Å². The van der Waals surface area contributed by atoms with Gasteiger partial charge in [0.05, 0.1) is 0 Å². The second-order valence-electron chi connectivity index (χ2n) is 4.58. The summed E-state index contributed by atoms with van der Waals surface area (Å²) in [7, 11) is 0. The number of amides is 1. The van der Waals surface area contributed by atoms with Gasteiger partial charge in [0.25, 0.3) is 0 Å². The van der Waals surface area contributed by atoms with Crippen LogP contribution in [0.5, 0.6) is 0 Å². The van der Waals surface area contributed by atoms with E-state index in [2.05, 4.69) is 5.32 Å². The van der Waals surface area contributed by atoms with Crippen molar-refractivity contribution in [1.29, 1.82) is 0 Å². The number of unbranched alkanes of at least 4 members (excludes halogenated alkanes) is 5. The molecule has 1 amide bonds. The van der Waals surface area contributed by atoms with Crippen molar-refractivity contribution < 1.29 is 14.3 Å². The first kappa shape index (κ1) is 17.1. The van der Waals surface area contributed by atoms with Crippen LogP contribution in [0.15, 0.2) is 0 Å². The highest BCUT2D eigenvalue weighted by molar-refractivity contribution is 5.76. The molecule has 0 aliphatic carbocycles. The van der Waals surface area contributed by atoms with Gasteiger partial charge in [0, 0.05) is 19.6 Å². The Morgan fingerprint density at radius 2 is 1.61 bits per heavy atom. The van der Waals surface area contributed by atoms with Gasteiger partial charge < -0.3 is 10.1 Å². The highest BCUT2D eigenvalue weighted by atomic mass is 16.5. The first-order valence-corrected chi connectivity index (χ1v) is 7.00. The van der Waals surface area contributed by atoms with Crippen LogP contribution in [0.1, 0.15) is 58.8 Å². The van der Waals surface area contributed by atoms with Gasteiger partial charge in [-0.2, -0.15) is 0 Å². The van der Waals surface area contributed by atoms with E-state index in [1.54, 1.807) is 0 Å². The van der Waals surface area contributed by atoms with Gasteiger partial charge in [-0.05, 0) is 19.8 Å². The Bertz CT molecular complexity index is 229. The second-order valence-corrected chi connectivity index (χ2v) is 4.58. The van der Waals surface area contributed by atoms with E-state index in [0.717, 1.165) is 32.2 Å². The van der Waals surface area contributed by atoms with Crippen LogP contribution in [0.4, 0.5) is 0 Å². The molecule has 18 heavy (non-hydrogen) atoms. The normalized spacial score (nSPS) is 10.3.